The maximum atomic E-state index is 12.0. The third kappa shape index (κ3) is 5.22. The SMILES string of the molecule is CC(C)Oc1ccc(-c2nc(-c3cccc4c3CC[C@H]4NCC(=O)N(C)C)no2)cc1C#N.Cl. The highest BCUT2D eigenvalue weighted by molar-refractivity contribution is 5.85. The fraction of sp³-hybridized carbons (Fsp3) is 0.360. The summed E-state index contributed by atoms with van der Waals surface area (Å²) in [7, 11) is 3.51. The van der Waals surface area contributed by atoms with E-state index in [1.807, 2.05) is 32.0 Å². The number of aromatic nitrogens is 2. The number of hydrogen-bond donors (Lipinski definition) is 1. The number of carbonyl (C=O) groups excluding carboxylic acids is 1. The number of nitriles is 1. The first-order chi connectivity index (χ1) is 15.9. The molecule has 1 aliphatic rings. The fourth-order valence-corrected chi connectivity index (χ4v) is 4.00. The molecule has 1 atom stereocenters. The van der Waals surface area contributed by atoms with Crippen LogP contribution in [0.2, 0.25) is 0 Å². The lowest BCUT2D eigenvalue weighted by atomic mass is 10.0. The molecule has 1 aromatic heterocycles. The molecule has 1 amide bonds. The van der Waals surface area contributed by atoms with E-state index in [1.54, 1.807) is 31.1 Å². The molecule has 0 bridgehead atoms. The highest BCUT2D eigenvalue weighted by atomic mass is 35.5. The molecule has 1 aliphatic carbocycles. The predicted molar refractivity (Wildman–Crippen MR) is 131 cm³/mol. The van der Waals surface area contributed by atoms with Crippen molar-refractivity contribution in [2.75, 3.05) is 20.6 Å². The summed E-state index contributed by atoms with van der Waals surface area (Å²) in [4.78, 5) is 18.1. The Morgan fingerprint density at radius 3 is 2.82 bits per heavy atom. The number of fused-ring (bicyclic) bond motifs is 1. The van der Waals surface area contributed by atoms with Crippen molar-refractivity contribution < 1.29 is 14.1 Å². The van der Waals surface area contributed by atoms with Crippen molar-refractivity contribution >= 4 is 18.3 Å². The van der Waals surface area contributed by atoms with E-state index in [0.29, 0.717) is 35.1 Å². The summed E-state index contributed by atoms with van der Waals surface area (Å²) in [6, 6.07) is 13.6. The summed E-state index contributed by atoms with van der Waals surface area (Å²) >= 11 is 0. The smallest absolute Gasteiger partial charge is 0.258 e. The standard InChI is InChI=1S/C25H27N5O3.ClH/c1-15(2)32-22-11-8-16(12-17(22)13-26)25-28-24(29-33-25)20-7-5-6-19-18(20)9-10-21(19)27-14-23(31)30(3)4;/h5-8,11-12,15,21,27H,9-10,14H2,1-4H3;1H/t21-;/m1./s1. The van der Waals surface area contributed by atoms with E-state index in [4.69, 9.17) is 9.26 Å². The Morgan fingerprint density at radius 2 is 2.12 bits per heavy atom. The lowest BCUT2D eigenvalue weighted by molar-refractivity contribution is -0.127. The van der Waals surface area contributed by atoms with Crippen molar-refractivity contribution in [3.8, 4) is 34.7 Å². The highest BCUT2D eigenvalue weighted by Crippen LogP contribution is 2.37. The van der Waals surface area contributed by atoms with E-state index in [-0.39, 0.29) is 30.5 Å². The number of rotatable bonds is 7. The zero-order valence-corrected chi connectivity index (χ0v) is 20.5. The second kappa shape index (κ2) is 10.7. The van der Waals surface area contributed by atoms with Gasteiger partial charge in [-0.1, -0.05) is 23.4 Å². The molecule has 8 nitrogen and oxygen atoms in total. The average Bonchev–Trinajstić information content (AvgIpc) is 3.44. The Kier molecular flexibility index (Phi) is 7.92. The second-order valence-electron chi connectivity index (χ2n) is 8.55. The zero-order chi connectivity index (χ0) is 23.5. The maximum Gasteiger partial charge on any atom is 0.258 e. The van der Waals surface area contributed by atoms with E-state index in [0.717, 1.165) is 29.5 Å². The van der Waals surface area contributed by atoms with Crippen LogP contribution in [-0.4, -0.2) is 47.7 Å². The van der Waals surface area contributed by atoms with Crippen LogP contribution in [0.15, 0.2) is 40.9 Å². The van der Waals surface area contributed by atoms with Crippen molar-refractivity contribution in [1.82, 2.24) is 20.4 Å². The topological polar surface area (TPSA) is 104 Å². The summed E-state index contributed by atoms with van der Waals surface area (Å²) in [5.41, 5.74) is 4.33. The van der Waals surface area contributed by atoms with Crippen molar-refractivity contribution in [2.45, 2.75) is 38.8 Å². The van der Waals surface area contributed by atoms with Crippen molar-refractivity contribution in [3.63, 3.8) is 0 Å². The average molecular weight is 482 g/mol. The van der Waals surface area contributed by atoms with Gasteiger partial charge in [0.25, 0.3) is 5.89 Å². The molecule has 2 aromatic carbocycles. The van der Waals surface area contributed by atoms with Crippen LogP contribution in [0.5, 0.6) is 5.75 Å². The third-order valence-electron chi connectivity index (χ3n) is 5.65. The van der Waals surface area contributed by atoms with Gasteiger partial charge in [-0.15, -0.1) is 12.4 Å². The Labute approximate surface area is 205 Å². The Bertz CT molecular complexity index is 1220. The van der Waals surface area contributed by atoms with Crippen molar-refractivity contribution in [3.05, 3.63) is 53.1 Å². The molecular weight excluding hydrogens is 454 g/mol. The Hall–Kier alpha value is -3.41. The van der Waals surface area contributed by atoms with Crippen LogP contribution in [0.3, 0.4) is 0 Å². The van der Waals surface area contributed by atoms with Gasteiger partial charge >= 0.3 is 0 Å². The molecule has 9 heteroatoms. The monoisotopic (exact) mass is 481 g/mol. The summed E-state index contributed by atoms with van der Waals surface area (Å²) in [6.07, 6.45) is 1.74. The quantitative estimate of drug-likeness (QED) is 0.540. The van der Waals surface area contributed by atoms with Crippen molar-refractivity contribution in [1.29, 1.82) is 5.26 Å². The molecule has 0 fully saturated rings. The highest BCUT2D eigenvalue weighted by Gasteiger charge is 2.27. The van der Waals surface area contributed by atoms with Crippen LogP contribution in [0, 0.1) is 11.3 Å². The first-order valence-electron chi connectivity index (χ1n) is 11.0. The van der Waals surface area contributed by atoms with E-state index >= 15 is 0 Å². The number of amides is 1. The van der Waals surface area contributed by atoms with E-state index in [1.165, 1.54) is 0 Å². The van der Waals surface area contributed by atoms with Crippen LogP contribution in [0.1, 0.15) is 43.0 Å². The second-order valence-corrected chi connectivity index (χ2v) is 8.55. The van der Waals surface area contributed by atoms with E-state index < -0.39 is 0 Å². The van der Waals surface area contributed by atoms with Gasteiger partial charge in [0.2, 0.25) is 11.7 Å². The molecule has 0 aliphatic heterocycles. The number of nitrogens with zero attached hydrogens (tertiary/aromatic N) is 4. The van der Waals surface area contributed by atoms with Gasteiger partial charge in [-0.2, -0.15) is 10.2 Å². The van der Waals surface area contributed by atoms with Crippen LogP contribution < -0.4 is 10.1 Å². The number of carbonyl (C=O) groups is 1. The summed E-state index contributed by atoms with van der Waals surface area (Å²) in [5.74, 6) is 1.43. The summed E-state index contributed by atoms with van der Waals surface area (Å²) in [6.45, 7) is 4.13. The molecule has 0 radical (unpaired) electrons. The normalized spacial score (nSPS) is 14.3. The van der Waals surface area contributed by atoms with Crippen LogP contribution in [-0.2, 0) is 11.2 Å². The minimum absolute atomic E-state index is 0. The molecule has 0 spiro atoms. The molecule has 1 heterocycles. The molecular formula is C25H28ClN5O3. The molecule has 0 saturated heterocycles. The molecule has 4 rings (SSSR count). The van der Waals surface area contributed by atoms with Crippen LogP contribution in [0.4, 0.5) is 0 Å². The largest absolute Gasteiger partial charge is 0.490 e. The molecule has 3 aromatic rings. The number of halogens is 1. The number of likely N-dealkylation sites (N-methyl/N-ethyl adjacent to an activating group) is 1. The fourth-order valence-electron chi connectivity index (χ4n) is 4.00. The van der Waals surface area contributed by atoms with Crippen LogP contribution in [0.25, 0.3) is 22.8 Å². The first kappa shape index (κ1) is 25.2. The first-order valence-corrected chi connectivity index (χ1v) is 11.0. The van der Waals surface area contributed by atoms with Gasteiger partial charge in [0.05, 0.1) is 18.2 Å². The zero-order valence-electron chi connectivity index (χ0n) is 19.7. The van der Waals surface area contributed by atoms with Crippen LogP contribution >= 0.6 is 12.4 Å². The summed E-state index contributed by atoms with van der Waals surface area (Å²) < 4.78 is 11.2. The minimum Gasteiger partial charge on any atom is -0.490 e. The number of ether oxygens (including phenoxy) is 1. The third-order valence-corrected chi connectivity index (χ3v) is 5.65. The maximum absolute atomic E-state index is 12.0. The number of nitrogens with one attached hydrogen (secondary N) is 1. The number of hydrogen-bond acceptors (Lipinski definition) is 7. The predicted octanol–water partition coefficient (Wildman–Crippen LogP) is 4.15. The van der Waals surface area contributed by atoms with Gasteiger partial charge in [0, 0.05) is 31.3 Å². The number of benzene rings is 2. The van der Waals surface area contributed by atoms with Crippen molar-refractivity contribution in [2.24, 2.45) is 0 Å². The van der Waals surface area contributed by atoms with Gasteiger partial charge in [0.15, 0.2) is 0 Å². The summed E-state index contributed by atoms with van der Waals surface area (Å²) in [5, 5.41) is 17.1. The lowest BCUT2D eigenvalue weighted by Crippen LogP contribution is -2.34. The van der Waals surface area contributed by atoms with E-state index in [9.17, 15) is 10.1 Å². The van der Waals surface area contributed by atoms with E-state index in [2.05, 4.69) is 27.6 Å². The van der Waals surface area contributed by atoms with Gasteiger partial charge in [-0.05, 0) is 56.0 Å². The Morgan fingerprint density at radius 1 is 1.32 bits per heavy atom. The molecule has 1 N–H and O–H groups in total. The minimum atomic E-state index is -0.0301. The molecule has 178 valence electrons. The Balaban J connectivity index is 0.00000324. The molecule has 0 unspecified atom stereocenters. The molecule has 34 heavy (non-hydrogen) atoms. The van der Waals surface area contributed by atoms with Gasteiger partial charge in [-0.25, -0.2) is 0 Å². The lowest BCUT2D eigenvalue weighted by Gasteiger charge is -2.16. The molecule has 0 saturated carbocycles. The van der Waals surface area contributed by atoms with Gasteiger partial charge in [-0.3, -0.25) is 4.79 Å². The van der Waals surface area contributed by atoms with Gasteiger partial charge in [0.1, 0.15) is 11.8 Å². The van der Waals surface area contributed by atoms with Gasteiger partial charge < -0.3 is 19.5 Å².